The Labute approximate surface area is 102 Å². The molecule has 1 unspecified atom stereocenters. The Kier molecular flexibility index (Phi) is 6.54. The lowest BCUT2D eigenvalue weighted by Gasteiger charge is -2.23. The van der Waals surface area contributed by atoms with Gasteiger partial charge < -0.3 is 5.32 Å². The maximum absolute atomic E-state index is 12.2. The third-order valence-electron chi connectivity index (χ3n) is 2.47. The molecule has 0 radical (unpaired) electrons. The SMILES string of the molecule is C#CCNC(C)CCCC(C(F)(F)F)C(F)(F)F. The van der Waals surface area contributed by atoms with Gasteiger partial charge in [0.2, 0.25) is 0 Å². The lowest BCUT2D eigenvalue weighted by Crippen LogP contribution is -2.36. The molecule has 106 valence electrons. The molecule has 0 aliphatic rings. The van der Waals surface area contributed by atoms with Crippen molar-refractivity contribution < 1.29 is 26.3 Å². The minimum atomic E-state index is -5.24. The average Bonchev–Trinajstić information content (AvgIpc) is 2.17. The maximum atomic E-state index is 12.2. The van der Waals surface area contributed by atoms with Gasteiger partial charge in [0.15, 0.2) is 5.92 Å². The van der Waals surface area contributed by atoms with Gasteiger partial charge >= 0.3 is 12.4 Å². The highest BCUT2D eigenvalue weighted by Crippen LogP contribution is 2.42. The van der Waals surface area contributed by atoms with Crippen LogP contribution in [0.5, 0.6) is 0 Å². The summed E-state index contributed by atoms with van der Waals surface area (Å²) in [4.78, 5) is 0. The van der Waals surface area contributed by atoms with Crippen LogP contribution >= 0.6 is 0 Å². The Morgan fingerprint density at radius 3 is 1.94 bits per heavy atom. The molecule has 1 N–H and O–H groups in total. The second-order valence-corrected chi connectivity index (χ2v) is 4.05. The van der Waals surface area contributed by atoms with Crippen LogP contribution in [0.2, 0.25) is 0 Å². The third kappa shape index (κ3) is 6.74. The van der Waals surface area contributed by atoms with Crippen molar-refractivity contribution in [1.82, 2.24) is 5.32 Å². The van der Waals surface area contributed by atoms with Crippen LogP contribution < -0.4 is 5.32 Å². The van der Waals surface area contributed by atoms with E-state index in [0.717, 1.165) is 0 Å². The number of halogens is 6. The predicted molar refractivity (Wildman–Crippen MR) is 55.7 cm³/mol. The molecule has 0 heterocycles. The summed E-state index contributed by atoms with van der Waals surface area (Å²) in [7, 11) is 0. The lowest BCUT2D eigenvalue weighted by atomic mass is 9.99. The molecule has 0 spiro atoms. The highest BCUT2D eigenvalue weighted by atomic mass is 19.4. The first kappa shape index (κ1) is 17.1. The molecular weight excluding hydrogens is 260 g/mol. The second-order valence-electron chi connectivity index (χ2n) is 4.05. The van der Waals surface area contributed by atoms with Crippen LogP contribution in [-0.4, -0.2) is 24.9 Å². The maximum Gasteiger partial charge on any atom is 0.400 e. The summed E-state index contributed by atoms with van der Waals surface area (Å²) in [5, 5.41) is 2.78. The van der Waals surface area contributed by atoms with Gasteiger partial charge in [0.05, 0.1) is 6.54 Å². The predicted octanol–water partition coefficient (Wildman–Crippen LogP) is 3.51. The second kappa shape index (κ2) is 6.88. The normalized spacial score (nSPS) is 14.6. The molecule has 1 nitrogen and oxygen atoms in total. The zero-order valence-electron chi connectivity index (χ0n) is 9.83. The minimum absolute atomic E-state index is 0.164. The monoisotopic (exact) mass is 275 g/mol. The van der Waals surface area contributed by atoms with Gasteiger partial charge in [0.1, 0.15) is 0 Å². The fourth-order valence-corrected chi connectivity index (χ4v) is 1.48. The smallest absolute Gasteiger partial charge is 0.304 e. The first-order valence-corrected chi connectivity index (χ1v) is 5.39. The van der Waals surface area contributed by atoms with Gasteiger partial charge in [-0.15, -0.1) is 6.42 Å². The highest BCUT2D eigenvalue weighted by molar-refractivity contribution is 4.87. The quantitative estimate of drug-likeness (QED) is 0.578. The van der Waals surface area contributed by atoms with Crippen molar-refractivity contribution in [3.05, 3.63) is 0 Å². The fourth-order valence-electron chi connectivity index (χ4n) is 1.48. The summed E-state index contributed by atoms with van der Waals surface area (Å²) in [6.45, 7) is 1.90. The molecule has 0 aromatic rings. The molecule has 0 aromatic heterocycles. The van der Waals surface area contributed by atoms with E-state index in [0.29, 0.717) is 0 Å². The van der Waals surface area contributed by atoms with Crippen LogP contribution in [0, 0.1) is 18.3 Å². The van der Waals surface area contributed by atoms with E-state index in [-0.39, 0.29) is 25.4 Å². The molecule has 1 atom stereocenters. The largest absolute Gasteiger partial charge is 0.400 e. The Hall–Kier alpha value is -0.900. The zero-order valence-corrected chi connectivity index (χ0v) is 9.83. The molecule has 0 fully saturated rings. The zero-order chi connectivity index (χ0) is 14.4. The summed E-state index contributed by atoms with van der Waals surface area (Å²) in [5.74, 6) is -0.970. The molecule has 0 aromatic carbocycles. The molecule has 0 saturated heterocycles. The van der Waals surface area contributed by atoms with Gasteiger partial charge in [0, 0.05) is 6.04 Å². The van der Waals surface area contributed by atoms with Crippen LogP contribution in [-0.2, 0) is 0 Å². The van der Waals surface area contributed by atoms with Gasteiger partial charge in [-0.05, 0) is 19.8 Å². The highest BCUT2D eigenvalue weighted by Gasteiger charge is 2.55. The van der Waals surface area contributed by atoms with Gasteiger partial charge in [0.25, 0.3) is 0 Å². The van der Waals surface area contributed by atoms with E-state index in [1.165, 1.54) is 0 Å². The first-order chi connectivity index (χ1) is 8.09. The average molecular weight is 275 g/mol. The molecule has 7 heteroatoms. The van der Waals surface area contributed by atoms with Gasteiger partial charge in [-0.3, -0.25) is 0 Å². The standard InChI is InChI=1S/C11H15F6N/c1-3-7-18-8(2)5-4-6-9(10(12,13)14)11(15,16)17/h1,8-9,18H,4-7H2,2H3. The van der Waals surface area contributed by atoms with Crippen LogP contribution in [0.3, 0.4) is 0 Å². The molecule has 0 bridgehead atoms. The van der Waals surface area contributed by atoms with Crippen molar-refractivity contribution in [2.24, 2.45) is 5.92 Å². The Balaban J connectivity index is 4.19. The summed E-state index contributed by atoms with van der Waals surface area (Å²) < 4.78 is 73.1. The van der Waals surface area contributed by atoms with Crippen LogP contribution in [0.15, 0.2) is 0 Å². The van der Waals surface area contributed by atoms with E-state index in [1.54, 1.807) is 6.92 Å². The molecule has 0 rings (SSSR count). The van der Waals surface area contributed by atoms with Crippen LogP contribution in [0.1, 0.15) is 26.2 Å². The number of terminal acetylenes is 1. The van der Waals surface area contributed by atoms with Crippen molar-refractivity contribution in [3.8, 4) is 12.3 Å². The third-order valence-corrected chi connectivity index (χ3v) is 2.47. The minimum Gasteiger partial charge on any atom is -0.304 e. The van der Waals surface area contributed by atoms with E-state index >= 15 is 0 Å². The molecule has 0 aliphatic carbocycles. The van der Waals surface area contributed by atoms with E-state index in [9.17, 15) is 26.3 Å². The Bertz CT molecular complexity index is 261. The molecule has 0 aliphatic heterocycles. The van der Waals surface area contributed by atoms with Crippen LogP contribution in [0.4, 0.5) is 26.3 Å². The van der Waals surface area contributed by atoms with Gasteiger partial charge in [-0.2, -0.15) is 26.3 Å². The van der Waals surface area contributed by atoms with Crippen molar-refractivity contribution in [2.45, 2.75) is 44.6 Å². The molecular formula is C11H15F6N. The van der Waals surface area contributed by atoms with Crippen molar-refractivity contribution in [3.63, 3.8) is 0 Å². The van der Waals surface area contributed by atoms with Gasteiger partial charge in [-0.1, -0.05) is 12.3 Å². The summed E-state index contributed by atoms with van der Waals surface area (Å²) in [6.07, 6.45) is -6.43. The van der Waals surface area contributed by atoms with E-state index < -0.39 is 24.7 Å². The fraction of sp³-hybridized carbons (Fsp3) is 0.818. The summed E-state index contributed by atoms with van der Waals surface area (Å²) in [5.41, 5.74) is 0. The van der Waals surface area contributed by atoms with Crippen molar-refractivity contribution in [1.29, 1.82) is 0 Å². The molecule has 0 saturated carbocycles. The lowest BCUT2D eigenvalue weighted by molar-refractivity contribution is -0.285. The van der Waals surface area contributed by atoms with Crippen LogP contribution in [0.25, 0.3) is 0 Å². The summed E-state index contributed by atoms with van der Waals surface area (Å²) in [6, 6.07) is -0.205. The Morgan fingerprint density at radius 2 is 1.56 bits per heavy atom. The molecule has 18 heavy (non-hydrogen) atoms. The topological polar surface area (TPSA) is 12.0 Å². The number of hydrogen-bond acceptors (Lipinski definition) is 1. The van der Waals surface area contributed by atoms with Crippen molar-refractivity contribution in [2.75, 3.05) is 6.54 Å². The number of alkyl halides is 6. The number of hydrogen-bond donors (Lipinski definition) is 1. The summed E-state index contributed by atoms with van der Waals surface area (Å²) >= 11 is 0. The first-order valence-electron chi connectivity index (χ1n) is 5.39. The van der Waals surface area contributed by atoms with E-state index in [1.807, 2.05) is 0 Å². The van der Waals surface area contributed by atoms with Gasteiger partial charge in [-0.25, -0.2) is 0 Å². The van der Waals surface area contributed by atoms with Crippen molar-refractivity contribution >= 4 is 0 Å². The van der Waals surface area contributed by atoms with E-state index in [4.69, 9.17) is 6.42 Å². The van der Waals surface area contributed by atoms with E-state index in [2.05, 4.69) is 11.2 Å². The Morgan fingerprint density at radius 1 is 1.06 bits per heavy atom. The number of nitrogens with one attached hydrogen (secondary N) is 1. The molecule has 0 amide bonds. The number of rotatable bonds is 6.